The van der Waals surface area contributed by atoms with E-state index in [1.54, 1.807) is 51.7 Å². The van der Waals surface area contributed by atoms with Crippen LogP contribution in [0.3, 0.4) is 0 Å². The Kier molecular flexibility index (Phi) is 6.96. The van der Waals surface area contributed by atoms with Crippen LogP contribution in [0.15, 0.2) is 69.9 Å². The van der Waals surface area contributed by atoms with Gasteiger partial charge in [0.25, 0.3) is 5.91 Å². The zero-order valence-corrected chi connectivity index (χ0v) is 21.8. The normalized spacial score (nSPS) is 14.6. The van der Waals surface area contributed by atoms with Crippen molar-refractivity contribution in [2.45, 2.75) is 19.4 Å². The first kappa shape index (κ1) is 25.2. The van der Waals surface area contributed by atoms with Crippen LogP contribution in [0, 0.1) is 6.92 Å². The fourth-order valence-corrected chi connectivity index (χ4v) is 4.94. The number of ether oxygens (including phenoxy) is 4. The first-order valence-electron chi connectivity index (χ1n) is 12.3. The number of hydrogen-bond acceptors (Lipinski definition) is 7. The highest BCUT2D eigenvalue weighted by Gasteiger charge is 2.33. The molecule has 3 aromatic carbocycles. The summed E-state index contributed by atoms with van der Waals surface area (Å²) < 4.78 is 28.0. The first-order chi connectivity index (χ1) is 18.4. The number of hydrogen-bond donors (Lipinski definition) is 0. The predicted molar refractivity (Wildman–Crippen MR) is 143 cm³/mol. The smallest absolute Gasteiger partial charge is 0.336 e. The Bertz CT molecular complexity index is 1560. The maximum absolute atomic E-state index is 13.7. The Morgan fingerprint density at radius 1 is 0.947 bits per heavy atom. The summed E-state index contributed by atoms with van der Waals surface area (Å²) in [5.74, 6) is 2.24. The van der Waals surface area contributed by atoms with Crippen LogP contribution in [0.1, 0.15) is 33.1 Å². The standard InChI is InChI=1S/C30H29NO7/c1-18-12-29(32)38-26-15-22(8-9-23(18)26)37-17-25-24-16-28(36-4)27(35-3)14-19(24)10-11-31(25)30(33)20-6-5-7-21(13-20)34-2/h5-9,12-16,25H,10-11,17H2,1-4H3/t25-/m1/s1. The molecule has 8 heteroatoms. The predicted octanol–water partition coefficient (Wildman–Crippen LogP) is 4.95. The van der Waals surface area contributed by atoms with Crippen molar-refractivity contribution in [2.75, 3.05) is 34.5 Å². The third-order valence-electron chi connectivity index (χ3n) is 6.91. The highest BCUT2D eigenvalue weighted by Crippen LogP contribution is 2.39. The van der Waals surface area contributed by atoms with Crippen molar-refractivity contribution in [3.8, 4) is 23.0 Å². The molecule has 2 heterocycles. The quantitative estimate of drug-likeness (QED) is 0.322. The van der Waals surface area contributed by atoms with Crippen LogP contribution in [-0.2, 0) is 6.42 Å². The molecule has 5 rings (SSSR count). The van der Waals surface area contributed by atoms with Crippen molar-refractivity contribution in [3.63, 3.8) is 0 Å². The van der Waals surface area contributed by atoms with Gasteiger partial charge < -0.3 is 28.3 Å². The summed E-state index contributed by atoms with van der Waals surface area (Å²) in [7, 11) is 4.76. The van der Waals surface area contributed by atoms with Gasteiger partial charge in [0, 0.05) is 29.6 Å². The minimum Gasteiger partial charge on any atom is -0.497 e. The summed E-state index contributed by atoms with van der Waals surface area (Å²) in [4.78, 5) is 27.4. The van der Waals surface area contributed by atoms with E-state index in [0.29, 0.717) is 47.1 Å². The molecule has 4 aromatic rings. The van der Waals surface area contributed by atoms with Crippen LogP contribution in [0.25, 0.3) is 11.0 Å². The maximum Gasteiger partial charge on any atom is 0.336 e. The van der Waals surface area contributed by atoms with E-state index in [1.807, 2.05) is 36.1 Å². The molecule has 0 unspecified atom stereocenters. The number of amides is 1. The van der Waals surface area contributed by atoms with E-state index in [-0.39, 0.29) is 12.5 Å². The molecule has 0 radical (unpaired) electrons. The van der Waals surface area contributed by atoms with Gasteiger partial charge in [-0.25, -0.2) is 4.79 Å². The molecule has 1 amide bonds. The van der Waals surface area contributed by atoms with Gasteiger partial charge in [-0.15, -0.1) is 0 Å². The summed E-state index contributed by atoms with van der Waals surface area (Å²) in [6.45, 7) is 2.54. The summed E-state index contributed by atoms with van der Waals surface area (Å²) in [5.41, 5.74) is 3.39. The number of methoxy groups -OCH3 is 3. The molecule has 0 aliphatic carbocycles. The van der Waals surface area contributed by atoms with E-state index in [9.17, 15) is 9.59 Å². The summed E-state index contributed by atoms with van der Waals surface area (Å²) in [6, 6.07) is 17.5. The van der Waals surface area contributed by atoms with Crippen LogP contribution in [0.5, 0.6) is 23.0 Å². The van der Waals surface area contributed by atoms with E-state index in [0.717, 1.165) is 22.1 Å². The lowest BCUT2D eigenvalue weighted by atomic mass is 9.91. The van der Waals surface area contributed by atoms with Crippen LogP contribution in [-0.4, -0.2) is 45.3 Å². The molecule has 196 valence electrons. The monoisotopic (exact) mass is 515 g/mol. The number of fused-ring (bicyclic) bond motifs is 2. The summed E-state index contributed by atoms with van der Waals surface area (Å²) in [5, 5.41) is 0.839. The average molecular weight is 516 g/mol. The Morgan fingerprint density at radius 2 is 1.74 bits per heavy atom. The van der Waals surface area contributed by atoms with Gasteiger partial charge in [-0.2, -0.15) is 0 Å². The highest BCUT2D eigenvalue weighted by molar-refractivity contribution is 5.95. The van der Waals surface area contributed by atoms with Crippen molar-refractivity contribution in [1.82, 2.24) is 4.90 Å². The topological polar surface area (TPSA) is 87.4 Å². The lowest BCUT2D eigenvalue weighted by Crippen LogP contribution is -2.42. The van der Waals surface area contributed by atoms with Gasteiger partial charge in [-0.05, 0) is 72.5 Å². The third kappa shape index (κ3) is 4.77. The van der Waals surface area contributed by atoms with Gasteiger partial charge >= 0.3 is 5.63 Å². The number of carbonyl (C=O) groups excluding carboxylic acids is 1. The zero-order valence-electron chi connectivity index (χ0n) is 21.8. The largest absolute Gasteiger partial charge is 0.497 e. The van der Waals surface area contributed by atoms with Crippen molar-refractivity contribution < 1.29 is 28.2 Å². The van der Waals surface area contributed by atoms with Crippen LogP contribution < -0.4 is 24.6 Å². The van der Waals surface area contributed by atoms with E-state index in [2.05, 4.69) is 0 Å². The second-order valence-electron chi connectivity index (χ2n) is 9.12. The molecular formula is C30H29NO7. The van der Waals surface area contributed by atoms with Gasteiger partial charge in [0.15, 0.2) is 11.5 Å². The Balaban J connectivity index is 1.52. The molecule has 0 saturated heterocycles. The number of benzene rings is 3. The van der Waals surface area contributed by atoms with Gasteiger partial charge in [-0.3, -0.25) is 4.79 Å². The fourth-order valence-electron chi connectivity index (χ4n) is 4.94. The maximum atomic E-state index is 13.7. The number of aryl methyl sites for hydroxylation is 1. The SMILES string of the molecule is COc1cccc(C(=O)N2CCc3cc(OC)c(OC)cc3[C@H]2COc2ccc3c(C)cc(=O)oc3c2)c1. The molecule has 1 aromatic heterocycles. The van der Waals surface area contributed by atoms with Gasteiger partial charge in [0.05, 0.1) is 27.4 Å². The van der Waals surface area contributed by atoms with Crippen molar-refractivity contribution >= 4 is 16.9 Å². The molecule has 0 fully saturated rings. The van der Waals surface area contributed by atoms with E-state index < -0.39 is 11.7 Å². The Labute approximate surface area is 220 Å². The van der Waals surface area contributed by atoms with Crippen molar-refractivity contribution in [2.24, 2.45) is 0 Å². The molecule has 38 heavy (non-hydrogen) atoms. The average Bonchev–Trinajstić information content (AvgIpc) is 2.94. The molecule has 0 saturated carbocycles. The van der Waals surface area contributed by atoms with Gasteiger partial charge in [0.2, 0.25) is 0 Å². The molecular weight excluding hydrogens is 486 g/mol. The van der Waals surface area contributed by atoms with E-state index >= 15 is 0 Å². The van der Waals surface area contributed by atoms with E-state index in [4.69, 9.17) is 23.4 Å². The fraction of sp³-hybridized carbons (Fsp3) is 0.267. The second kappa shape index (κ2) is 10.5. The Morgan fingerprint density at radius 3 is 2.50 bits per heavy atom. The lowest BCUT2D eigenvalue weighted by Gasteiger charge is -2.37. The van der Waals surface area contributed by atoms with Crippen LogP contribution >= 0.6 is 0 Å². The number of carbonyl (C=O) groups is 1. The zero-order chi connectivity index (χ0) is 26.8. The Hall–Kier alpha value is -4.46. The first-order valence-corrected chi connectivity index (χ1v) is 12.3. The lowest BCUT2D eigenvalue weighted by molar-refractivity contribution is 0.0589. The minimum atomic E-state index is -0.413. The molecule has 8 nitrogen and oxygen atoms in total. The molecule has 0 N–H and O–H groups in total. The number of nitrogens with zero attached hydrogens (tertiary/aromatic N) is 1. The molecule has 1 aliphatic rings. The number of rotatable bonds is 7. The minimum absolute atomic E-state index is 0.127. The van der Waals surface area contributed by atoms with Crippen molar-refractivity contribution in [1.29, 1.82) is 0 Å². The molecule has 0 bridgehead atoms. The molecule has 1 aliphatic heterocycles. The third-order valence-corrected chi connectivity index (χ3v) is 6.91. The van der Waals surface area contributed by atoms with Gasteiger partial charge in [-0.1, -0.05) is 6.07 Å². The highest BCUT2D eigenvalue weighted by atomic mass is 16.5. The summed E-state index contributed by atoms with van der Waals surface area (Å²) in [6.07, 6.45) is 0.655. The molecule has 1 atom stereocenters. The second-order valence-corrected chi connectivity index (χ2v) is 9.12. The van der Waals surface area contributed by atoms with Crippen molar-refractivity contribution in [3.05, 3.63) is 93.3 Å². The van der Waals surface area contributed by atoms with Crippen LogP contribution in [0.2, 0.25) is 0 Å². The van der Waals surface area contributed by atoms with E-state index in [1.165, 1.54) is 6.07 Å². The summed E-state index contributed by atoms with van der Waals surface area (Å²) >= 11 is 0. The van der Waals surface area contributed by atoms with Gasteiger partial charge in [0.1, 0.15) is 23.7 Å². The molecule has 0 spiro atoms. The van der Waals surface area contributed by atoms with Crippen LogP contribution in [0.4, 0.5) is 0 Å².